The highest BCUT2D eigenvalue weighted by atomic mass is 19.1. The summed E-state index contributed by atoms with van der Waals surface area (Å²) in [6.45, 7) is 0. The van der Waals surface area contributed by atoms with Gasteiger partial charge in [-0.3, -0.25) is 4.79 Å². The third-order valence-corrected chi connectivity index (χ3v) is 3.23. The molecular formula is C17H17FO2. The molecule has 104 valence electrons. The van der Waals surface area contributed by atoms with Gasteiger partial charge in [0.25, 0.3) is 0 Å². The summed E-state index contributed by atoms with van der Waals surface area (Å²) in [6.07, 6.45) is 0.845. The van der Waals surface area contributed by atoms with Gasteiger partial charge in [-0.25, -0.2) is 4.39 Å². The number of hydrogen-bond acceptors (Lipinski definition) is 2. The van der Waals surface area contributed by atoms with Gasteiger partial charge in [-0.05, 0) is 30.5 Å². The zero-order chi connectivity index (χ0) is 14.4. The molecule has 0 aliphatic rings. The quantitative estimate of drug-likeness (QED) is 0.809. The zero-order valence-corrected chi connectivity index (χ0v) is 11.1. The van der Waals surface area contributed by atoms with Crippen LogP contribution in [0.3, 0.4) is 0 Å². The van der Waals surface area contributed by atoms with Gasteiger partial charge in [-0.1, -0.05) is 42.5 Å². The molecule has 0 spiro atoms. The van der Waals surface area contributed by atoms with Gasteiger partial charge < -0.3 is 5.11 Å². The van der Waals surface area contributed by atoms with Gasteiger partial charge in [0, 0.05) is 12.0 Å². The number of ketones is 1. The largest absolute Gasteiger partial charge is 0.388 e. The van der Waals surface area contributed by atoms with Crippen LogP contribution in [0, 0.1) is 5.82 Å². The van der Waals surface area contributed by atoms with Gasteiger partial charge in [-0.15, -0.1) is 0 Å². The van der Waals surface area contributed by atoms with Crippen molar-refractivity contribution >= 4 is 5.78 Å². The second kappa shape index (κ2) is 6.96. The third kappa shape index (κ3) is 4.00. The van der Waals surface area contributed by atoms with Crippen molar-refractivity contribution in [1.82, 2.24) is 0 Å². The molecule has 0 unspecified atom stereocenters. The second-order valence-electron chi connectivity index (χ2n) is 4.75. The van der Waals surface area contributed by atoms with Crippen LogP contribution in [0.1, 0.15) is 41.3 Å². The molecule has 3 heteroatoms. The van der Waals surface area contributed by atoms with Crippen LogP contribution in [0.4, 0.5) is 4.39 Å². The number of rotatable bonds is 6. The highest BCUT2D eigenvalue weighted by molar-refractivity contribution is 5.95. The van der Waals surface area contributed by atoms with Crippen molar-refractivity contribution in [3.05, 3.63) is 71.5 Å². The Hall–Kier alpha value is -2.00. The monoisotopic (exact) mass is 272 g/mol. The summed E-state index contributed by atoms with van der Waals surface area (Å²) < 4.78 is 12.8. The van der Waals surface area contributed by atoms with Crippen molar-refractivity contribution in [2.45, 2.75) is 25.4 Å². The summed E-state index contributed by atoms with van der Waals surface area (Å²) in [4.78, 5) is 11.9. The maximum atomic E-state index is 12.8. The summed E-state index contributed by atoms with van der Waals surface area (Å²) in [7, 11) is 0. The van der Waals surface area contributed by atoms with Gasteiger partial charge in [0.2, 0.25) is 0 Å². The number of benzene rings is 2. The first-order valence-electron chi connectivity index (χ1n) is 6.68. The number of aliphatic hydroxyl groups is 1. The standard InChI is InChI=1S/C17H17FO2/c18-15-11-9-14(10-12-15)17(20)8-4-7-16(19)13-5-2-1-3-6-13/h1-3,5-6,9-12,17,20H,4,7-8H2/t17-/m0/s1. The Morgan fingerprint density at radius 2 is 1.70 bits per heavy atom. The SMILES string of the molecule is O=C(CCC[C@H](O)c1ccc(F)cc1)c1ccccc1. The van der Waals surface area contributed by atoms with Crippen molar-refractivity contribution in [3.63, 3.8) is 0 Å². The fraction of sp³-hybridized carbons (Fsp3) is 0.235. The molecule has 2 rings (SSSR count). The smallest absolute Gasteiger partial charge is 0.162 e. The fourth-order valence-electron chi connectivity index (χ4n) is 2.08. The highest BCUT2D eigenvalue weighted by Crippen LogP contribution is 2.20. The van der Waals surface area contributed by atoms with Crippen molar-refractivity contribution in [1.29, 1.82) is 0 Å². The van der Waals surface area contributed by atoms with E-state index in [9.17, 15) is 14.3 Å². The van der Waals surface area contributed by atoms with Crippen LogP contribution in [0.25, 0.3) is 0 Å². The lowest BCUT2D eigenvalue weighted by molar-refractivity contribution is 0.0969. The lowest BCUT2D eigenvalue weighted by atomic mass is 10.0. The average molecular weight is 272 g/mol. The van der Waals surface area contributed by atoms with Crippen molar-refractivity contribution in [2.24, 2.45) is 0 Å². The Balaban J connectivity index is 1.81. The number of aliphatic hydroxyl groups excluding tert-OH is 1. The first kappa shape index (κ1) is 14.4. The lowest BCUT2D eigenvalue weighted by Gasteiger charge is -2.10. The van der Waals surface area contributed by atoms with Gasteiger partial charge >= 0.3 is 0 Å². The molecule has 2 aromatic rings. The molecule has 0 saturated heterocycles. The molecular weight excluding hydrogens is 255 g/mol. The van der Waals surface area contributed by atoms with E-state index in [-0.39, 0.29) is 11.6 Å². The van der Waals surface area contributed by atoms with E-state index in [2.05, 4.69) is 0 Å². The van der Waals surface area contributed by atoms with Crippen LogP contribution in [0.5, 0.6) is 0 Å². The van der Waals surface area contributed by atoms with Gasteiger partial charge in [0.15, 0.2) is 5.78 Å². The summed E-state index contributed by atoms with van der Waals surface area (Å²) in [6, 6.07) is 14.9. The fourth-order valence-corrected chi connectivity index (χ4v) is 2.08. The Labute approximate surface area is 117 Å². The first-order chi connectivity index (χ1) is 9.66. The molecule has 0 aliphatic heterocycles. The number of carbonyl (C=O) groups excluding carboxylic acids is 1. The minimum atomic E-state index is -0.654. The summed E-state index contributed by atoms with van der Waals surface area (Å²) in [5.41, 5.74) is 1.38. The molecule has 0 amide bonds. The molecule has 0 aromatic heterocycles. The Kier molecular flexibility index (Phi) is 5.02. The van der Waals surface area contributed by atoms with Crippen LogP contribution in [0.2, 0.25) is 0 Å². The van der Waals surface area contributed by atoms with E-state index in [1.807, 2.05) is 18.2 Å². The highest BCUT2D eigenvalue weighted by Gasteiger charge is 2.10. The summed E-state index contributed by atoms with van der Waals surface area (Å²) in [5, 5.41) is 9.96. The zero-order valence-electron chi connectivity index (χ0n) is 11.1. The molecule has 0 bridgehead atoms. The number of Topliss-reactive ketones (excluding diaryl/α,β-unsaturated/α-hetero) is 1. The number of carbonyl (C=O) groups is 1. The minimum Gasteiger partial charge on any atom is -0.388 e. The number of halogens is 1. The van der Waals surface area contributed by atoms with E-state index in [1.165, 1.54) is 12.1 Å². The Morgan fingerprint density at radius 3 is 2.35 bits per heavy atom. The van der Waals surface area contributed by atoms with Crippen LogP contribution in [0.15, 0.2) is 54.6 Å². The predicted octanol–water partition coefficient (Wildman–Crippen LogP) is 3.91. The molecule has 0 saturated carbocycles. The minimum absolute atomic E-state index is 0.0805. The lowest BCUT2D eigenvalue weighted by Crippen LogP contribution is -2.02. The van der Waals surface area contributed by atoms with Crippen LogP contribution < -0.4 is 0 Å². The van der Waals surface area contributed by atoms with E-state index in [4.69, 9.17) is 0 Å². The van der Waals surface area contributed by atoms with Crippen molar-refractivity contribution < 1.29 is 14.3 Å². The van der Waals surface area contributed by atoms with Crippen LogP contribution in [-0.2, 0) is 0 Å². The van der Waals surface area contributed by atoms with Crippen molar-refractivity contribution in [3.8, 4) is 0 Å². The van der Waals surface area contributed by atoms with Gasteiger partial charge in [-0.2, -0.15) is 0 Å². The molecule has 0 aliphatic carbocycles. The topological polar surface area (TPSA) is 37.3 Å². The maximum Gasteiger partial charge on any atom is 0.162 e. The summed E-state index contributed by atoms with van der Waals surface area (Å²) >= 11 is 0. The third-order valence-electron chi connectivity index (χ3n) is 3.23. The maximum absolute atomic E-state index is 12.8. The molecule has 0 radical (unpaired) electrons. The van der Waals surface area contributed by atoms with E-state index in [0.29, 0.717) is 30.4 Å². The summed E-state index contributed by atoms with van der Waals surface area (Å²) in [5.74, 6) is -0.239. The predicted molar refractivity (Wildman–Crippen MR) is 76.0 cm³/mol. The van der Waals surface area contributed by atoms with E-state index in [0.717, 1.165) is 0 Å². The van der Waals surface area contributed by atoms with Gasteiger partial charge in [0.1, 0.15) is 5.82 Å². The Bertz CT molecular complexity index is 549. The molecule has 1 atom stereocenters. The normalized spacial score (nSPS) is 12.1. The van der Waals surface area contributed by atoms with Crippen molar-refractivity contribution in [2.75, 3.05) is 0 Å². The first-order valence-corrected chi connectivity index (χ1v) is 6.68. The molecule has 1 N–H and O–H groups in total. The van der Waals surface area contributed by atoms with E-state index < -0.39 is 6.10 Å². The molecule has 0 fully saturated rings. The molecule has 2 nitrogen and oxygen atoms in total. The second-order valence-corrected chi connectivity index (χ2v) is 4.75. The molecule has 2 aromatic carbocycles. The molecule has 20 heavy (non-hydrogen) atoms. The van der Waals surface area contributed by atoms with Crippen LogP contribution >= 0.6 is 0 Å². The average Bonchev–Trinajstić information content (AvgIpc) is 2.48. The van der Waals surface area contributed by atoms with E-state index in [1.54, 1.807) is 24.3 Å². The van der Waals surface area contributed by atoms with E-state index >= 15 is 0 Å². The van der Waals surface area contributed by atoms with Gasteiger partial charge in [0.05, 0.1) is 6.10 Å². The molecule has 0 heterocycles. The number of hydrogen-bond donors (Lipinski definition) is 1. The Morgan fingerprint density at radius 1 is 1.05 bits per heavy atom. The van der Waals surface area contributed by atoms with Crippen LogP contribution in [-0.4, -0.2) is 10.9 Å².